The van der Waals surface area contributed by atoms with Crippen LogP contribution in [0.3, 0.4) is 0 Å². The fourth-order valence-corrected chi connectivity index (χ4v) is 3.40. The average Bonchev–Trinajstić information content (AvgIpc) is 2.82. The van der Waals surface area contributed by atoms with E-state index in [1.165, 1.54) is 0 Å². The van der Waals surface area contributed by atoms with E-state index in [2.05, 4.69) is 0 Å². The highest BCUT2D eigenvalue weighted by Crippen LogP contribution is 2.46. The van der Waals surface area contributed by atoms with E-state index in [9.17, 15) is 24.8 Å². The van der Waals surface area contributed by atoms with Crippen molar-refractivity contribution in [2.24, 2.45) is 0 Å². The summed E-state index contributed by atoms with van der Waals surface area (Å²) in [5, 5.41) is 19.8. The number of hydrogen-bond acceptors (Lipinski definition) is 5. The van der Waals surface area contributed by atoms with Crippen LogP contribution in [0.15, 0.2) is 18.2 Å². The first-order valence-electron chi connectivity index (χ1n) is 6.39. The summed E-state index contributed by atoms with van der Waals surface area (Å²) in [6.07, 6.45) is 0. The van der Waals surface area contributed by atoms with E-state index in [4.69, 9.17) is 46.4 Å². The number of amides is 2. The Morgan fingerprint density at radius 3 is 1.80 bits per heavy atom. The van der Waals surface area contributed by atoms with Crippen molar-refractivity contribution in [1.82, 2.24) is 0 Å². The zero-order valence-electron chi connectivity index (χ0n) is 11.7. The molecule has 0 aliphatic carbocycles. The van der Waals surface area contributed by atoms with E-state index < -0.39 is 28.2 Å². The van der Waals surface area contributed by atoms with E-state index in [1.54, 1.807) is 0 Å². The SMILES string of the molecule is O=C1c2c(Cl)c(Cl)c(Cl)c(Cl)c2C(=O)N1c1ccc([N+](=O)[O-])cc1O. The van der Waals surface area contributed by atoms with Crippen LogP contribution >= 0.6 is 46.4 Å². The number of halogens is 4. The first-order valence-corrected chi connectivity index (χ1v) is 7.90. The summed E-state index contributed by atoms with van der Waals surface area (Å²) in [7, 11) is 0. The van der Waals surface area contributed by atoms with E-state index in [0.29, 0.717) is 4.90 Å². The zero-order valence-corrected chi connectivity index (χ0v) is 14.7. The standard InChI is InChI=1S/C14H4Cl4N2O5/c15-9-7-8(10(16)12(18)11(9)17)14(23)19(13(7)22)5-2-1-4(20(24)25)3-6(5)21/h1-3,21H. The largest absolute Gasteiger partial charge is 0.505 e. The minimum Gasteiger partial charge on any atom is -0.505 e. The number of fused-ring (bicyclic) bond motifs is 1. The molecule has 0 radical (unpaired) electrons. The molecule has 0 saturated heterocycles. The van der Waals surface area contributed by atoms with E-state index in [1.807, 2.05) is 0 Å². The first kappa shape index (κ1) is 17.8. The van der Waals surface area contributed by atoms with Crippen LogP contribution < -0.4 is 4.90 Å². The second kappa shape index (κ2) is 6.03. The van der Waals surface area contributed by atoms with Crippen molar-refractivity contribution < 1.29 is 19.6 Å². The van der Waals surface area contributed by atoms with Crippen LogP contribution in [0, 0.1) is 10.1 Å². The molecular formula is C14H4Cl4N2O5. The third kappa shape index (κ3) is 2.51. The molecule has 1 aliphatic heterocycles. The highest BCUT2D eigenvalue weighted by atomic mass is 35.5. The number of nitro benzene ring substituents is 1. The zero-order chi connectivity index (χ0) is 18.6. The van der Waals surface area contributed by atoms with Gasteiger partial charge in [-0.15, -0.1) is 0 Å². The van der Waals surface area contributed by atoms with Crippen molar-refractivity contribution in [2.75, 3.05) is 4.90 Å². The van der Waals surface area contributed by atoms with Gasteiger partial charge in [-0.2, -0.15) is 0 Å². The Morgan fingerprint density at radius 1 is 0.920 bits per heavy atom. The lowest BCUT2D eigenvalue weighted by Crippen LogP contribution is -2.29. The van der Waals surface area contributed by atoms with Crippen molar-refractivity contribution in [3.63, 3.8) is 0 Å². The number of phenolic OH excluding ortho intramolecular Hbond substituents is 1. The highest BCUT2D eigenvalue weighted by Gasteiger charge is 2.43. The van der Waals surface area contributed by atoms with Crippen LogP contribution in [0.4, 0.5) is 11.4 Å². The number of nitrogens with zero attached hydrogens (tertiary/aromatic N) is 2. The Labute approximate surface area is 159 Å². The van der Waals surface area contributed by atoms with Crippen LogP contribution in [-0.2, 0) is 0 Å². The minimum atomic E-state index is -0.894. The molecule has 3 rings (SSSR count). The van der Waals surface area contributed by atoms with Crippen molar-refractivity contribution in [1.29, 1.82) is 0 Å². The number of benzene rings is 2. The van der Waals surface area contributed by atoms with Gasteiger partial charge in [-0.3, -0.25) is 19.7 Å². The Morgan fingerprint density at radius 2 is 1.40 bits per heavy atom. The van der Waals surface area contributed by atoms with Gasteiger partial charge < -0.3 is 5.11 Å². The summed E-state index contributed by atoms with van der Waals surface area (Å²) in [4.78, 5) is 35.9. The number of carbonyl (C=O) groups excluding carboxylic acids is 2. The maximum atomic E-state index is 12.6. The maximum Gasteiger partial charge on any atom is 0.273 e. The fraction of sp³-hybridized carbons (Fsp3) is 0. The second-order valence-corrected chi connectivity index (χ2v) is 6.39. The molecule has 2 amide bonds. The molecule has 25 heavy (non-hydrogen) atoms. The molecule has 0 bridgehead atoms. The molecule has 0 saturated carbocycles. The number of aromatic hydroxyl groups is 1. The fourth-order valence-electron chi connectivity index (χ4n) is 2.38. The van der Waals surface area contributed by atoms with Gasteiger partial charge in [0, 0.05) is 6.07 Å². The number of nitro groups is 1. The molecule has 1 aliphatic rings. The molecule has 0 spiro atoms. The average molecular weight is 422 g/mol. The lowest BCUT2D eigenvalue weighted by molar-refractivity contribution is -0.384. The van der Waals surface area contributed by atoms with Crippen molar-refractivity contribution in [3.8, 4) is 5.75 Å². The van der Waals surface area contributed by atoms with Crippen molar-refractivity contribution in [3.05, 3.63) is 59.5 Å². The molecule has 0 unspecified atom stereocenters. The highest BCUT2D eigenvalue weighted by molar-refractivity contribution is 6.56. The lowest BCUT2D eigenvalue weighted by atomic mass is 10.1. The van der Waals surface area contributed by atoms with Gasteiger partial charge in [0.05, 0.1) is 47.9 Å². The molecule has 1 N–H and O–H groups in total. The quantitative estimate of drug-likeness (QED) is 0.248. The third-order valence-corrected chi connectivity index (χ3v) is 5.31. The lowest BCUT2D eigenvalue weighted by Gasteiger charge is -2.15. The second-order valence-electron chi connectivity index (χ2n) is 4.88. The number of hydrogen-bond donors (Lipinski definition) is 1. The number of carbonyl (C=O) groups is 2. The summed E-state index contributed by atoms with van der Waals surface area (Å²) >= 11 is 23.8. The van der Waals surface area contributed by atoms with Crippen molar-refractivity contribution in [2.45, 2.75) is 0 Å². The number of non-ortho nitro benzene ring substituents is 1. The molecule has 1 heterocycles. The predicted molar refractivity (Wildman–Crippen MR) is 92.4 cm³/mol. The summed E-state index contributed by atoms with van der Waals surface area (Å²) < 4.78 is 0. The van der Waals surface area contributed by atoms with Crippen LogP contribution in [0.2, 0.25) is 20.1 Å². The van der Waals surface area contributed by atoms with Gasteiger partial charge in [0.15, 0.2) is 0 Å². The number of rotatable bonds is 2. The Kier molecular flexibility index (Phi) is 4.28. The first-order chi connectivity index (χ1) is 11.7. The molecule has 11 heteroatoms. The van der Waals surface area contributed by atoms with E-state index in [-0.39, 0.29) is 36.9 Å². The number of anilines is 1. The van der Waals surface area contributed by atoms with Crippen LogP contribution in [0.5, 0.6) is 5.75 Å². The van der Waals surface area contributed by atoms with Gasteiger partial charge in [-0.1, -0.05) is 46.4 Å². The van der Waals surface area contributed by atoms with Gasteiger partial charge in [-0.05, 0) is 6.07 Å². The normalized spacial score (nSPS) is 13.4. The van der Waals surface area contributed by atoms with Gasteiger partial charge in [0.1, 0.15) is 5.75 Å². The van der Waals surface area contributed by atoms with Crippen LogP contribution in [0.1, 0.15) is 20.7 Å². The minimum absolute atomic E-state index is 0.192. The molecule has 2 aromatic carbocycles. The molecule has 2 aromatic rings. The summed E-state index contributed by atoms with van der Waals surface area (Å²) in [6.45, 7) is 0. The predicted octanol–water partition coefficient (Wildman–Crippen LogP) is 4.71. The van der Waals surface area contributed by atoms with Gasteiger partial charge in [0.25, 0.3) is 17.5 Å². The monoisotopic (exact) mass is 420 g/mol. The summed E-state index contributed by atoms with van der Waals surface area (Å²) in [5.74, 6) is -2.43. The Bertz CT molecular complexity index is 945. The Hall–Kier alpha value is -2.06. The maximum absolute atomic E-state index is 12.6. The molecule has 0 fully saturated rings. The Balaban J connectivity index is 2.21. The number of phenols is 1. The van der Waals surface area contributed by atoms with Gasteiger partial charge in [0.2, 0.25) is 0 Å². The van der Waals surface area contributed by atoms with Gasteiger partial charge in [-0.25, -0.2) is 4.90 Å². The number of imide groups is 1. The smallest absolute Gasteiger partial charge is 0.273 e. The van der Waals surface area contributed by atoms with E-state index >= 15 is 0 Å². The van der Waals surface area contributed by atoms with Crippen LogP contribution in [-0.4, -0.2) is 21.8 Å². The van der Waals surface area contributed by atoms with Crippen molar-refractivity contribution >= 4 is 69.6 Å². The summed E-state index contributed by atoms with van der Waals surface area (Å²) in [6, 6.07) is 2.89. The molecule has 0 aromatic heterocycles. The van der Waals surface area contributed by atoms with Crippen LogP contribution in [0.25, 0.3) is 0 Å². The molecular weight excluding hydrogens is 418 g/mol. The van der Waals surface area contributed by atoms with E-state index in [0.717, 1.165) is 18.2 Å². The summed E-state index contributed by atoms with van der Waals surface area (Å²) in [5.41, 5.74) is -1.20. The molecule has 7 nitrogen and oxygen atoms in total. The third-order valence-electron chi connectivity index (χ3n) is 3.51. The topological polar surface area (TPSA) is 101 Å². The molecule has 0 atom stereocenters. The molecule has 128 valence electrons. The van der Waals surface area contributed by atoms with Gasteiger partial charge >= 0.3 is 0 Å².